The molecule has 3 nitrogen and oxygen atoms in total. The third-order valence-electron chi connectivity index (χ3n) is 4.26. The number of allylic oxidation sites excluding steroid dienone is 1. The third-order valence-corrected chi connectivity index (χ3v) is 5.78. The van der Waals surface area contributed by atoms with Crippen molar-refractivity contribution in [2.45, 2.75) is 6.61 Å². The molecule has 7 heteroatoms. The van der Waals surface area contributed by atoms with Crippen molar-refractivity contribution in [3.8, 4) is 17.6 Å². The first kappa shape index (κ1) is 22.5. The lowest BCUT2D eigenvalue weighted by molar-refractivity contribution is 0.284. The number of benzene rings is 3. The van der Waals surface area contributed by atoms with E-state index in [-0.39, 0.29) is 6.61 Å². The lowest BCUT2D eigenvalue weighted by Crippen LogP contribution is -1.99. The highest BCUT2D eigenvalue weighted by atomic mass is 79.9. The fourth-order valence-electron chi connectivity index (χ4n) is 2.69. The van der Waals surface area contributed by atoms with E-state index in [1.54, 1.807) is 61.7 Å². The van der Waals surface area contributed by atoms with Crippen LogP contribution >= 0.6 is 50.7 Å². The first-order valence-corrected chi connectivity index (χ1v) is 10.7. The zero-order valence-electron chi connectivity index (χ0n) is 15.8. The predicted molar refractivity (Wildman–Crippen MR) is 126 cm³/mol. The van der Waals surface area contributed by atoms with Crippen molar-refractivity contribution in [3.63, 3.8) is 0 Å². The molecule has 3 aromatic rings. The molecule has 0 saturated carbocycles. The Morgan fingerprint density at radius 2 is 1.70 bits per heavy atom. The minimum atomic E-state index is 0.252. The van der Waals surface area contributed by atoms with Gasteiger partial charge in [0.25, 0.3) is 0 Å². The maximum Gasteiger partial charge on any atom is 0.162 e. The van der Waals surface area contributed by atoms with Crippen LogP contribution in [0.4, 0.5) is 0 Å². The molecule has 0 N–H and O–H groups in total. The van der Waals surface area contributed by atoms with Crippen molar-refractivity contribution in [3.05, 3.63) is 90.8 Å². The van der Waals surface area contributed by atoms with Gasteiger partial charge in [-0.05, 0) is 53.6 Å². The predicted octanol–water partition coefficient (Wildman–Crippen LogP) is 8.06. The van der Waals surface area contributed by atoms with Gasteiger partial charge < -0.3 is 9.47 Å². The van der Waals surface area contributed by atoms with E-state index >= 15 is 0 Å². The summed E-state index contributed by atoms with van der Waals surface area (Å²) in [4.78, 5) is 0. The van der Waals surface area contributed by atoms with Crippen molar-refractivity contribution in [1.29, 1.82) is 5.26 Å². The Bertz CT molecular complexity index is 1140. The Hall–Kier alpha value is -2.16. The molecule has 0 heterocycles. The summed E-state index contributed by atoms with van der Waals surface area (Å²) < 4.78 is 12.2. The van der Waals surface area contributed by atoms with Crippen LogP contribution in [0.15, 0.2) is 59.1 Å². The van der Waals surface area contributed by atoms with Gasteiger partial charge >= 0.3 is 0 Å². The van der Waals surface area contributed by atoms with Gasteiger partial charge in [-0.1, -0.05) is 68.9 Å². The number of hydrogen-bond donors (Lipinski definition) is 0. The Labute approximate surface area is 198 Å². The summed E-state index contributed by atoms with van der Waals surface area (Å²) in [6.45, 7) is 0.252. The number of nitrogens with zero attached hydrogens (tertiary/aromatic N) is 1. The third kappa shape index (κ3) is 5.50. The molecule has 0 atom stereocenters. The van der Waals surface area contributed by atoms with Gasteiger partial charge in [0, 0.05) is 25.1 Å². The number of hydrogen-bond acceptors (Lipinski definition) is 3. The largest absolute Gasteiger partial charge is 0.493 e. The van der Waals surface area contributed by atoms with E-state index in [2.05, 4.69) is 22.0 Å². The maximum atomic E-state index is 9.59. The lowest BCUT2D eigenvalue weighted by atomic mass is 10.0. The Kier molecular flexibility index (Phi) is 7.69. The van der Waals surface area contributed by atoms with Crippen molar-refractivity contribution in [2.24, 2.45) is 0 Å². The van der Waals surface area contributed by atoms with Gasteiger partial charge in [-0.3, -0.25) is 0 Å². The Balaban J connectivity index is 1.89. The molecule has 0 radical (unpaired) electrons. The molecule has 0 aliphatic rings. The summed E-state index contributed by atoms with van der Waals surface area (Å²) in [5.74, 6) is 1.07. The van der Waals surface area contributed by atoms with Gasteiger partial charge in [0.1, 0.15) is 6.61 Å². The highest BCUT2D eigenvalue weighted by Gasteiger charge is 2.12. The average molecular weight is 524 g/mol. The standard InChI is InChI=1S/C23H15BrCl3NO2/c1-29-22-9-16(8-17(12-28)14-2-5-18(25)6-3-14)20(24)11-23(22)30-13-15-4-7-19(26)10-21(15)27/h2-11H,13H2,1H3. The monoisotopic (exact) mass is 521 g/mol. The van der Waals surface area contributed by atoms with Crippen molar-refractivity contribution in [1.82, 2.24) is 0 Å². The maximum absolute atomic E-state index is 9.59. The molecule has 3 aromatic carbocycles. The van der Waals surface area contributed by atoms with E-state index in [4.69, 9.17) is 44.3 Å². The van der Waals surface area contributed by atoms with E-state index < -0.39 is 0 Å². The summed E-state index contributed by atoms with van der Waals surface area (Å²) in [7, 11) is 1.56. The zero-order chi connectivity index (χ0) is 21.7. The second kappa shape index (κ2) is 10.2. The number of rotatable bonds is 6. The minimum Gasteiger partial charge on any atom is -0.493 e. The van der Waals surface area contributed by atoms with Gasteiger partial charge in [-0.15, -0.1) is 0 Å². The van der Waals surface area contributed by atoms with E-state index in [0.717, 1.165) is 21.2 Å². The zero-order valence-corrected chi connectivity index (χ0v) is 19.6. The second-order valence-electron chi connectivity index (χ2n) is 6.23. The van der Waals surface area contributed by atoms with E-state index in [0.29, 0.717) is 32.1 Å². The molecule has 0 unspecified atom stereocenters. The van der Waals surface area contributed by atoms with Crippen LogP contribution in [-0.4, -0.2) is 7.11 Å². The van der Waals surface area contributed by atoms with E-state index in [9.17, 15) is 5.26 Å². The van der Waals surface area contributed by atoms with Crippen LogP contribution in [0.25, 0.3) is 11.6 Å². The highest BCUT2D eigenvalue weighted by molar-refractivity contribution is 9.10. The number of halogens is 4. The van der Waals surface area contributed by atoms with Crippen molar-refractivity contribution >= 4 is 62.4 Å². The van der Waals surface area contributed by atoms with Gasteiger partial charge in [0.2, 0.25) is 0 Å². The molecule has 152 valence electrons. The normalized spacial score (nSPS) is 11.1. The van der Waals surface area contributed by atoms with E-state index in [1.807, 2.05) is 6.07 Å². The molecule has 30 heavy (non-hydrogen) atoms. The molecule has 0 amide bonds. The fraction of sp³-hybridized carbons (Fsp3) is 0.0870. The van der Waals surface area contributed by atoms with Gasteiger partial charge in [-0.2, -0.15) is 5.26 Å². The van der Waals surface area contributed by atoms with Crippen LogP contribution in [0.5, 0.6) is 11.5 Å². The molecule has 0 spiro atoms. The van der Waals surface area contributed by atoms with Gasteiger partial charge in [-0.25, -0.2) is 0 Å². The smallest absolute Gasteiger partial charge is 0.162 e. The molecule has 0 aliphatic heterocycles. The summed E-state index contributed by atoms with van der Waals surface area (Å²) >= 11 is 21.6. The Morgan fingerprint density at radius 3 is 2.33 bits per heavy atom. The molecule has 0 bridgehead atoms. The highest BCUT2D eigenvalue weighted by Crippen LogP contribution is 2.36. The van der Waals surface area contributed by atoms with Crippen LogP contribution in [0.2, 0.25) is 15.1 Å². The van der Waals surface area contributed by atoms with Crippen LogP contribution in [0.3, 0.4) is 0 Å². The lowest BCUT2D eigenvalue weighted by Gasteiger charge is -2.14. The Morgan fingerprint density at radius 1 is 1.00 bits per heavy atom. The van der Waals surface area contributed by atoms with Crippen LogP contribution in [-0.2, 0) is 6.61 Å². The minimum absolute atomic E-state index is 0.252. The number of methoxy groups -OCH3 is 1. The molecule has 0 fully saturated rings. The first-order valence-electron chi connectivity index (χ1n) is 8.73. The second-order valence-corrected chi connectivity index (χ2v) is 8.36. The molecular formula is C23H15BrCl3NO2. The summed E-state index contributed by atoms with van der Waals surface area (Å²) in [5, 5.41) is 11.3. The van der Waals surface area contributed by atoms with Gasteiger partial charge in [0.15, 0.2) is 11.5 Å². The number of nitriles is 1. The molecule has 0 saturated heterocycles. The topological polar surface area (TPSA) is 42.2 Å². The van der Waals surface area contributed by atoms with Crippen LogP contribution in [0, 0.1) is 11.3 Å². The van der Waals surface area contributed by atoms with E-state index in [1.165, 1.54) is 0 Å². The number of ether oxygens (including phenoxy) is 2. The summed E-state index contributed by atoms with van der Waals surface area (Å²) in [5.41, 5.74) is 2.84. The summed E-state index contributed by atoms with van der Waals surface area (Å²) in [6.07, 6.45) is 1.77. The molecule has 3 rings (SSSR count). The summed E-state index contributed by atoms with van der Waals surface area (Å²) in [6, 6.07) is 18.2. The first-order chi connectivity index (χ1) is 14.4. The molecular weight excluding hydrogens is 509 g/mol. The average Bonchev–Trinajstić information content (AvgIpc) is 2.73. The van der Waals surface area contributed by atoms with Crippen molar-refractivity contribution in [2.75, 3.05) is 7.11 Å². The fourth-order valence-corrected chi connectivity index (χ4v) is 3.72. The van der Waals surface area contributed by atoms with Crippen molar-refractivity contribution < 1.29 is 9.47 Å². The van der Waals surface area contributed by atoms with Gasteiger partial charge in [0.05, 0.1) is 18.8 Å². The van der Waals surface area contributed by atoms with Crippen LogP contribution < -0.4 is 9.47 Å². The molecule has 0 aliphatic carbocycles. The molecule has 0 aromatic heterocycles. The van der Waals surface area contributed by atoms with Crippen LogP contribution in [0.1, 0.15) is 16.7 Å². The SMILES string of the molecule is COc1cc(C=C(C#N)c2ccc(Cl)cc2)c(Br)cc1OCc1ccc(Cl)cc1Cl. The quantitative estimate of drug-likeness (QED) is 0.242.